The zero-order chi connectivity index (χ0) is 10.9. The van der Waals surface area contributed by atoms with Crippen molar-refractivity contribution >= 4 is 41.5 Å². The molecule has 1 aromatic rings. The number of halogens is 2. The van der Waals surface area contributed by atoms with E-state index in [1.54, 1.807) is 0 Å². The van der Waals surface area contributed by atoms with Gasteiger partial charge in [0.15, 0.2) is 4.90 Å². The molecule has 0 atom stereocenters. The van der Waals surface area contributed by atoms with E-state index in [2.05, 4.69) is 20.9 Å². The van der Waals surface area contributed by atoms with Crippen LogP contribution in [0.2, 0.25) is 0 Å². The lowest BCUT2D eigenvalue weighted by atomic mass is 10.5. The molecule has 0 saturated carbocycles. The quantitative estimate of drug-likeness (QED) is 0.359. The maximum absolute atomic E-state index is 10.9. The number of aromatic nitrogens is 1. The first-order chi connectivity index (χ1) is 6.32. The van der Waals surface area contributed by atoms with Crippen molar-refractivity contribution in [3.05, 3.63) is 26.9 Å². The van der Waals surface area contributed by atoms with Gasteiger partial charge in [-0.05, 0) is 22.0 Å². The van der Waals surface area contributed by atoms with Crippen molar-refractivity contribution in [2.75, 3.05) is 0 Å². The largest absolute Gasteiger partial charge is 0.384 e. The molecule has 6 nitrogen and oxygen atoms in total. The van der Waals surface area contributed by atoms with Gasteiger partial charge in [-0.25, -0.2) is 8.42 Å². The monoisotopic (exact) mass is 300 g/mol. The normalized spacial score (nSPS) is 11.3. The minimum Gasteiger partial charge on any atom is -0.358 e. The molecule has 0 unspecified atom stereocenters. The van der Waals surface area contributed by atoms with Gasteiger partial charge in [0.1, 0.15) is 0 Å². The van der Waals surface area contributed by atoms with Crippen LogP contribution in [0.25, 0.3) is 0 Å². The topological polar surface area (TPSA) is 90.2 Å². The molecule has 1 heterocycles. The number of nitro groups is 1. The van der Waals surface area contributed by atoms with Gasteiger partial charge < -0.3 is 10.1 Å². The minimum atomic E-state index is -4.15. The first kappa shape index (κ1) is 11.3. The summed E-state index contributed by atoms with van der Waals surface area (Å²) in [6.07, 6.45) is 0. The molecule has 0 aliphatic heterocycles. The molecule has 0 radical (unpaired) electrons. The summed E-state index contributed by atoms with van der Waals surface area (Å²) in [5.41, 5.74) is 0. The summed E-state index contributed by atoms with van der Waals surface area (Å²) in [5, 5.41) is 10.4. The third-order valence-electron chi connectivity index (χ3n) is 1.24. The lowest BCUT2D eigenvalue weighted by molar-refractivity contribution is -0.392. The molecule has 1 rings (SSSR count). The van der Waals surface area contributed by atoms with Gasteiger partial charge in [-0.15, -0.1) is 0 Å². The minimum absolute atomic E-state index is 0.160. The van der Waals surface area contributed by atoms with E-state index in [1.807, 2.05) is 0 Å². The van der Waals surface area contributed by atoms with Crippen molar-refractivity contribution in [2.24, 2.45) is 0 Å². The average molecular weight is 302 g/mol. The molecular formula is C5H2BrClN2O4S. The Balaban J connectivity index is 3.53. The van der Waals surface area contributed by atoms with E-state index in [1.165, 1.54) is 6.07 Å². The van der Waals surface area contributed by atoms with Crippen LogP contribution >= 0.6 is 26.6 Å². The zero-order valence-electron chi connectivity index (χ0n) is 6.35. The molecule has 0 saturated heterocycles. The summed E-state index contributed by atoms with van der Waals surface area (Å²) in [6, 6.07) is 2.26. The van der Waals surface area contributed by atoms with Gasteiger partial charge in [-0.1, -0.05) is 0 Å². The highest BCUT2D eigenvalue weighted by molar-refractivity contribution is 9.10. The Morgan fingerprint density at radius 3 is 2.50 bits per heavy atom. The third-order valence-corrected chi connectivity index (χ3v) is 3.03. The second kappa shape index (κ2) is 3.79. The van der Waals surface area contributed by atoms with Gasteiger partial charge in [-0.3, -0.25) is 0 Å². The third kappa shape index (κ3) is 2.40. The summed E-state index contributed by atoms with van der Waals surface area (Å²) in [4.78, 5) is 12.3. The average Bonchev–Trinajstić information content (AvgIpc) is 2.01. The fourth-order valence-corrected chi connectivity index (χ4v) is 1.96. The Morgan fingerprint density at radius 2 is 2.07 bits per heavy atom. The van der Waals surface area contributed by atoms with E-state index in [9.17, 15) is 18.5 Å². The molecule has 9 heteroatoms. The number of pyridine rings is 1. The van der Waals surface area contributed by atoms with Crippen LogP contribution in [-0.2, 0) is 9.05 Å². The van der Waals surface area contributed by atoms with Crippen LogP contribution in [-0.4, -0.2) is 18.3 Å². The summed E-state index contributed by atoms with van der Waals surface area (Å²) in [6.45, 7) is 0. The molecule has 0 amide bonds. The fraction of sp³-hybridized carbons (Fsp3) is 0. The Morgan fingerprint density at radius 1 is 1.50 bits per heavy atom. The molecule has 0 aromatic carbocycles. The number of hydrogen-bond acceptors (Lipinski definition) is 5. The molecular weight excluding hydrogens is 299 g/mol. The molecule has 1 aromatic heterocycles. The van der Waals surface area contributed by atoms with E-state index in [4.69, 9.17) is 10.7 Å². The highest BCUT2D eigenvalue weighted by atomic mass is 79.9. The van der Waals surface area contributed by atoms with Gasteiger partial charge in [-0.2, -0.15) is 0 Å². The molecule has 0 bridgehead atoms. The standard InChI is InChI=1S/C5H2BrClN2O4S/c6-4-2-1-3(14(7,12)13)5(8-4)9(10)11/h1-2H. The SMILES string of the molecule is O=[N+]([O-])c1nc(Br)ccc1S(=O)(=O)Cl. The molecule has 0 N–H and O–H groups in total. The molecule has 76 valence electrons. The van der Waals surface area contributed by atoms with Crippen LogP contribution in [0.3, 0.4) is 0 Å². The van der Waals surface area contributed by atoms with Gasteiger partial charge >= 0.3 is 5.82 Å². The summed E-state index contributed by atoms with van der Waals surface area (Å²) in [5.74, 6) is -0.797. The molecule has 0 aliphatic carbocycles. The second-order valence-corrected chi connectivity index (χ2v) is 5.50. The summed E-state index contributed by atoms with van der Waals surface area (Å²) >= 11 is 2.88. The van der Waals surface area contributed by atoms with E-state index < -0.39 is 24.7 Å². The van der Waals surface area contributed by atoms with Gasteiger partial charge in [0.25, 0.3) is 9.05 Å². The molecule has 14 heavy (non-hydrogen) atoms. The van der Waals surface area contributed by atoms with Crippen molar-refractivity contribution in [3.63, 3.8) is 0 Å². The maximum Gasteiger partial charge on any atom is 0.384 e. The summed E-state index contributed by atoms with van der Waals surface area (Å²) < 4.78 is 21.9. The van der Waals surface area contributed by atoms with Crippen LogP contribution in [0.1, 0.15) is 0 Å². The van der Waals surface area contributed by atoms with Crippen molar-refractivity contribution < 1.29 is 13.3 Å². The van der Waals surface area contributed by atoms with Crippen LogP contribution in [0.4, 0.5) is 5.82 Å². The van der Waals surface area contributed by atoms with E-state index >= 15 is 0 Å². The van der Waals surface area contributed by atoms with Crippen molar-refractivity contribution in [2.45, 2.75) is 4.90 Å². The lowest BCUT2D eigenvalue weighted by Crippen LogP contribution is -2.01. The van der Waals surface area contributed by atoms with E-state index in [0.29, 0.717) is 0 Å². The molecule has 0 aliphatic rings. The smallest absolute Gasteiger partial charge is 0.358 e. The Labute approximate surface area is 91.6 Å². The van der Waals surface area contributed by atoms with Gasteiger partial charge in [0.2, 0.25) is 4.60 Å². The highest BCUT2D eigenvalue weighted by Crippen LogP contribution is 2.26. The first-order valence-electron chi connectivity index (χ1n) is 3.08. The molecule has 0 spiro atoms. The number of nitrogens with zero attached hydrogens (tertiary/aromatic N) is 2. The Hall–Kier alpha value is -0.730. The first-order valence-corrected chi connectivity index (χ1v) is 6.18. The van der Waals surface area contributed by atoms with Crippen LogP contribution < -0.4 is 0 Å². The van der Waals surface area contributed by atoms with Gasteiger partial charge in [0.05, 0.1) is 0 Å². The zero-order valence-corrected chi connectivity index (χ0v) is 9.50. The van der Waals surface area contributed by atoms with Crippen molar-refractivity contribution in [1.82, 2.24) is 4.98 Å². The number of hydrogen-bond donors (Lipinski definition) is 0. The summed E-state index contributed by atoms with van der Waals surface area (Å²) in [7, 11) is 0.825. The second-order valence-electron chi connectivity index (χ2n) is 2.15. The van der Waals surface area contributed by atoms with Crippen LogP contribution in [0, 0.1) is 10.1 Å². The Bertz CT molecular complexity index is 489. The highest BCUT2D eigenvalue weighted by Gasteiger charge is 2.25. The predicted octanol–water partition coefficient (Wildman–Crippen LogP) is 1.68. The van der Waals surface area contributed by atoms with Crippen molar-refractivity contribution in [1.29, 1.82) is 0 Å². The Kier molecular flexibility index (Phi) is 3.07. The van der Waals surface area contributed by atoms with E-state index in [0.717, 1.165) is 6.07 Å². The van der Waals surface area contributed by atoms with Crippen LogP contribution in [0.5, 0.6) is 0 Å². The number of rotatable bonds is 2. The van der Waals surface area contributed by atoms with E-state index in [-0.39, 0.29) is 4.60 Å². The van der Waals surface area contributed by atoms with Crippen molar-refractivity contribution in [3.8, 4) is 0 Å². The lowest BCUT2D eigenvalue weighted by Gasteiger charge is -1.97. The predicted molar refractivity (Wildman–Crippen MR) is 51.6 cm³/mol. The van der Waals surface area contributed by atoms with Crippen LogP contribution in [0.15, 0.2) is 21.6 Å². The van der Waals surface area contributed by atoms with Gasteiger partial charge in [0, 0.05) is 26.6 Å². The maximum atomic E-state index is 10.9. The fourth-order valence-electron chi connectivity index (χ4n) is 0.734. The molecule has 0 fully saturated rings.